The van der Waals surface area contributed by atoms with Gasteiger partial charge in [0.2, 0.25) is 0 Å². The van der Waals surface area contributed by atoms with E-state index in [2.05, 4.69) is 12.2 Å². The topological polar surface area (TPSA) is 79.2 Å². The first-order valence-corrected chi connectivity index (χ1v) is 9.32. The van der Waals surface area contributed by atoms with Gasteiger partial charge in [-0.2, -0.15) is 5.26 Å². The van der Waals surface area contributed by atoms with Gasteiger partial charge in [0.25, 0.3) is 5.91 Å². The molecule has 5 nitrogen and oxygen atoms in total. The van der Waals surface area contributed by atoms with Crippen molar-refractivity contribution in [3.05, 3.63) is 38.4 Å². The summed E-state index contributed by atoms with van der Waals surface area (Å²) in [5, 5.41) is 13.7. The van der Waals surface area contributed by atoms with Crippen LogP contribution in [0.2, 0.25) is 0 Å². The van der Waals surface area contributed by atoms with Crippen LogP contribution < -0.4 is 5.32 Å². The van der Waals surface area contributed by atoms with Crippen molar-refractivity contribution >= 4 is 39.6 Å². The van der Waals surface area contributed by atoms with Crippen LogP contribution in [0.5, 0.6) is 0 Å². The molecule has 1 aliphatic carbocycles. The van der Waals surface area contributed by atoms with Gasteiger partial charge in [-0.1, -0.05) is 6.92 Å². The van der Waals surface area contributed by atoms with Crippen LogP contribution in [0.25, 0.3) is 0 Å². The number of nitriles is 1. The number of nitrogens with zero attached hydrogens (tertiary/aromatic N) is 1. The summed E-state index contributed by atoms with van der Waals surface area (Å²) in [4.78, 5) is 25.8. The van der Waals surface area contributed by atoms with E-state index in [1.54, 1.807) is 11.4 Å². The zero-order valence-corrected chi connectivity index (χ0v) is 14.8. The summed E-state index contributed by atoms with van der Waals surface area (Å²) in [7, 11) is 0. The Morgan fingerprint density at radius 1 is 1.50 bits per heavy atom. The average Bonchev–Trinajstić information content (AvgIpc) is 3.18. The number of carbonyl (C=O) groups is 2. The molecule has 0 aliphatic heterocycles. The molecule has 0 bridgehead atoms. The van der Waals surface area contributed by atoms with Crippen molar-refractivity contribution in [2.75, 3.05) is 11.9 Å². The van der Waals surface area contributed by atoms with Gasteiger partial charge in [-0.3, -0.25) is 4.79 Å². The summed E-state index contributed by atoms with van der Waals surface area (Å²) in [6.07, 6.45) is 3.14. The normalized spacial score (nSPS) is 16.1. The van der Waals surface area contributed by atoms with Crippen LogP contribution >= 0.6 is 22.7 Å². The maximum atomic E-state index is 12.1. The van der Waals surface area contributed by atoms with Gasteiger partial charge >= 0.3 is 5.97 Å². The molecule has 1 atom stereocenters. The quantitative estimate of drug-likeness (QED) is 0.845. The lowest BCUT2D eigenvalue weighted by Crippen LogP contribution is -2.20. The number of anilines is 1. The fraction of sp³-hybridized carbons (Fsp3) is 0.353. The number of nitrogens with one attached hydrogen (secondary N) is 1. The van der Waals surface area contributed by atoms with E-state index in [0.717, 1.165) is 19.3 Å². The summed E-state index contributed by atoms with van der Waals surface area (Å²) < 4.78 is 5.10. The summed E-state index contributed by atoms with van der Waals surface area (Å²) >= 11 is 2.72. The number of ether oxygens (including phenoxy) is 1. The Morgan fingerprint density at radius 2 is 2.33 bits per heavy atom. The Kier molecular flexibility index (Phi) is 4.97. The van der Waals surface area contributed by atoms with Gasteiger partial charge < -0.3 is 10.1 Å². The molecule has 0 radical (unpaired) electrons. The van der Waals surface area contributed by atoms with Crippen molar-refractivity contribution in [1.82, 2.24) is 0 Å². The number of carbonyl (C=O) groups excluding carboxylic acids is 2. The van der Waals surface area contributed by atoms with Crippen LogP contribution in [-0.2, 0) is 22.4 Å². The third-order valence-corrected chi connectivity index (χ3v) is 5.95. The third-order valence-electron chi connectivity index (χ3n) is 3.90. The molecule has 1 amide bonds. The summed E-state index contributed by atoms with van der Waals surface area (Å²) in [5.41, 5.74) is 1.63. The largest absolute Gasteiger partial charge is 0.451 e. The van der Waals surface area contributed by atoms with Gasteiger partial charge in [0.05, 0.1) is 5.56 Å². The van der Waals surface area contributed by atoms with E-state index >= 15 is 0 Å². The fourth-order valence-electron chi connectivity index (χ4n) is 2.67. The second-order valence-electron chi connectivity index (χ2n) is 5.81. The molecule has 24 heavy (non-hydrogen) atoms. The minimum atomic E-state index is -0.469. The molecule has 3 rings (SSSR count). The van der Waals surface area contributed by atoms with Crippen molar-refractivity contribution < 1.29 is 14.3 Å². The smallest absolute Gasteiger partial charge is 0.348 e. The van der Waals surface area contributed by atoms with Crippen LogP contribution in [0.1, 0.15) is 39.0 Å². The molecule has 0 fully saturated rings. The minimum Gasteiger partial charge on any atom is -0.451 e. The van der Waals surface area contributed by atoms with Gasteiger partial charge in [-0.05, 0) is 48.3 Å². The third kappa shape index (κ3) is 3.66. The molecule has 2 heterocycles. The molecule has 2 aromatic heterocycles. The second-order valence-corrected chi connectivity index (χ2v) is 7.86. The molecule has 0 aromatic carbocycles. The first-order valence-electron chi connectivity index (χ1n) is 7.63. The number of hydrogen-bond donors (Lipinski definition) is 1. The highest BCUT2D eigenvalue weighted by Crippen LogP contribution is 2.32. The molecular formula is C17H16N2O3S2. The van der Waals surface area contributed by atoms with E-state index in [0.29, 0.717) is 21.4 Å². The Balaban J connectivity index is 1.56. The van der Waals surface area contributed by atoms with E-state index in [1.165, 1.54) is 33.1 Å². The van der Waals surface area contributed by atoms with Gasteiger partial charge in [0, 0.05) is 4.88 Å². The highest BCUT2D eigenvalue weighted by molar-refractivity contribution is 7.14. The molecular weight excluding hydrogens is 344 g/mol. The van der Waals surface area contributed by atoms with Crippen molar-refractivity contribution in [3.63, 3.8) is 0 Å². The zero-order chi connectivity index (χ0) is 17.1. The minimum absolute atomic E-state index is 0.361. The summed E-state index contributed by atoms with van der Waals surface area (Å²) in [5.74, 6) is -0.275. The Morgan fingerprint density at radius 3 is 3.12 bits per heavy atom. The van der Waals surface area contributed by atoms with E-state index in [9.17, 15) is 9.59 Å². The number of thiophene rings is 2. The maximum Gasteiger partial charge on any atom is 0.348 e. The van der Waals surface area contributed by atoms with Crippen LogP contribution in [0.3, 0.4) is 0 Å². The standard InChI is InChI=1S/C17H16N2O3S2/c1-10-2-3-13-12(6-10)7-14(24-13)17(21)22-9-15(20)19-16-11(8-18)4-5-23-16/h4-5,7,10H,2-3,6,9H2,1H3,(H,19,20)/t10-/m1/s1. The Hall–Kier alpha value is -2.17. The molecule has 1 N–H and O–H groups in total. The average molecular weight is 360 g/mol. The predicted molar refractivity (Wildman–Crippen MR) is 93.5 cm³/mol. The predicted octanol–water partition coefficient (Wildman–Crippen LogP) is 3.60. The molecule has 1 aliphatic rings. The first kappa shape index (κ1) is 16.7. The lowest BCUT2D eigenvalue weighted by molar-refractivity contribution is -0.119. The van der Waals surface area contributed by atoms with E-state index in [4.69, 9.17) is 10.00 Å². The highest BCUT2D eigenvalue weighted by Gasteiger charge is 2.22. The molecule has 0 unspecified atom stereocenters. The van der Waals surface area contributed by atoms with E-state index < -0.39 is 11.9 Å². The SMILES string of the molecule is C[C@@H]1CCc2sc(C(=O)OCC(=O)Nc3sccc3C#N)cc2C1. The molecule has 0 saturated carbocycles. The fourth-order valence-corrected chi connectivity index (χ4v) is 4.52. The van der Waals surface area contributed by atoms with Crippen molar-refractivity contribution in [2.24, 2.45) is 5.92 Å². The number of aryl methyl sites for hydroxylation is 1. The van der Waals surface area contributed by atoms with Crippen molar-refractivity contribution in [1.29, 1.82) is 5.26 Å². The number of rotatable bonds is 4. The molecule has 2 aromatic rings. The van der Waals surface area contributed by atoms with Crippen LogP contribution in [0.15, 0.2) is 17.5 Å². The lowest BCUT2D eigenvalue weighted by atomic mass is 9.90. The van der Waals surface area contributed by atoms with Crippen molar-refractivity contribution in [2.45, 2.75) is 26.2 Å². The highest BCUT2D eigenvalue weighted by atomic mass is 32.1. The zero-order valence-electron chi connectivity index (χ0n) is 13.1. The van der Waals surface area contributed by atoms with E-state index in [-0.39, 0.29) is 6.61 Å². The maximum absolute atomic E-state index is 12.1. The van der Waals surface area contributed by atoms with Crippen molar-refractivity contribution in [3.8, 4) is 6.07 Å². The molecule has 0 saturated heterocycles. The first-order chi connectivity index (χ1) is 11.6. The molecule has 124 valence electrons. The van der Waals surface area contributed by atoms with Crippen LogP contribution in [0, 0.1) is 17.2 Å². The van der Waals surface area contributed by atoms with E-state index in [1.807, 2.05) is 12.1 Å². The molecule has 7 heteroatoms. The van der Waals surface area contributed by atoms with Crippen LogP contribution in [-0.4, -0.2) is 18.5 Å². The number of esters is 1. The van der Waals surface area contributed by atoms with Gasteiger partial charge in [-0.25, -0.2) is 4.79 Å². The summed E-state index contributed by atoms with van der Waals surface area (Å²) in [6.45, 7) is 1.85. The van der Waals surface area contributed by atoms with Gasteiger partial charge in [0.15, 0.2) is 6.61 Å². The number of hydrogen-bond acceptors (Lipinski definition) is 6. The number of amides is 1. The lowest BCUT2D eigenvalue weighted by Gasteiger charge is -2.16. The summed E-state index contributed by atoms with van der Waals surface area (Å²) in [6, 6.07) is 5.51. The van der Waals surface area contributed by atoms with Gasteiger partial charge in [-0.15, -0.1) is 22.7 Å². The molecule has 0 spiro atoms. The van der Waals surface area contributed by atoms with Gasteiger partial charge in [0.1, 0.15) is 15.9 Å². The number of fused-ring (bicyclic) bond motifs is 1. The monoisotopic (exact) mass is 360 g/mol. The van der Waals surface area contributed by atoms with Crippen LogP contribution in [0.4, 0.5) is 5.00 Å². The Labute approximate surface area is 147 Å². The second kappa shape index (κ2) is 7.16. The Bertz CT molecular complexity index is 816.